The van der Waals surface area contributed by atoms with E-state index in [0.717, 1.165) is 16.0 Å². The first-order chi connectivity index (χ1) is 8.92. The van der Waals surface area contributed by atoms with Crippen LogP contribution in [0.4, 0.5) is 0 Å². The molecule has 1 heterocycles. The van der Waals surface area contributed by atoms with Crippen LogP contribution in [0.5, 0.6) is 5.75 Å². The van der Waals surface area contributed by atoms with Gasteiger partial charge in [-0.05, 0) is 26.3 Å². The Labute approximate surface area is 115 Å². The molecular formula is C13H16O5S. The predicted octanol–water partition coefficient (Wildman–Crippen LogP) is 2.73. The fraction of sp³-hybridized carbons (Fsp3) is 0.385. The van der Waals surface area contributed by atoms with Crippen LogP contribution < -0.4 is 4.74 Å². The number of carbonyl (C=O) groups is 2. The molecular weight excluding hydrogens is 268 g/mol. The average molecular weight is 284 g/mol. The summed E-state index contributed by atoms with van der Waals surface area (Å²) in [6.45, 7) is 5.11. The zero-order valence-electron chi connectivity index (χ0n) is 11.3. The number of hydrogen-bond acceptors (Lipinski definition) is 5. The summed E-state index contributed by atoms with van der Waals surface area (Å²) in [5, 5.41) is 8.67. The normalized spacial score (nSPS) is 11.3. The molecule has 0 unspecified atom stereocenters. The summed E-state index contributed by atoms with van der Waals surface area (Å²) in [6, 6.07) is 0. The molecule has 0 aromatic carbocycles. The molecule has 0 saturated carbocycles. The minimum atomic E-state index is -1.09. The van der Waals surface area contributed by atoms with Gasteiger partial charge in [-0.25, -0.2) is 9.59 Å². The van der Waals surface area contributed by atoms with E-state index in [2.05, 4.69) is 0 Å². The van der Waals surface area contributed by atoms with E-state index >= 15 is 0 Å². The number of carboxylic acid groups (broad SMARTS) is 1. The molecule has 0 bridgehead atoms. The smallest absolute Gasteiger partial charge is 0.351 e. The number of hydrogen-bond donors (Lipinski definition) is 1. The molecule has 1 aromatic heterocycles. The second kappa shape index (κ2) is 6.38. The SMILES string of the molecule is CC=C(C)c1sc(C(=O)OC)c(OCC(=O)O)c1C. The molecule has 5 nitrogen and oxygen atoms in total. The van der Waals surface area contributed by atoms with E-state index in [1.165, 1.54) is 18.4 Å². The molecule has 0 spiro atoms. The van der Waals surface area contributed by atoms with Gasteiger partial charge in [0.1, 0.15) is 5.75 Å². The first-order valence-electron chi connectivity index (χ1n) is 5.61. The van der Waals surface area contributed by atoms with Crippen molar-refractivity contribution in [3.05, 3.63) is 21.4 Å². The zero-order valence-corrected chi connectivity index (χ0v) is 12.1. The maximum atomic E-state index is 11.7. The van der Waals surface area contributed by atoms with E-state index in [0.29, 0.717) is 0 Å². The van der Waals surface area contributed by atoms with Crippen molar-refractivity contribution in [2.75, 3.05) is 13.7 Å². The van der Waals surface area contributed by atoms with Gasteiger partial charge in [0.2, 0.25) is 0 Å². The molecule has 0 aliphatic carbocycles. The Morgan fingerprint density at radius 3 is 2.47 bits per heavy atom. The molecule has 0 atom stereocenters. The third-order valence-electron chi connectivity index (χ3n) is 2.59. The van der Waals surface area contributed by atoms with Crippen molar-refractivity contribution < 1.29 is 24.2 Å². The van der Waals surface area contributed by atoms with Gasteiger partial charge >= 0.3 is 11.9 Å². The number of thiophene rings is 1. The van der Waals surface area contributed by atoms with Crippen molar-refractivity contribution in [2.24, 2.45) is 0 Å². The number of allylic oxidation sites excluding steroid dienone is 2. The van der Waals surface area contributed by atoms with Crippen LogP contribution in [0.1, 0.15) is 34.0 Å². The molecule has 0 aliphatic heterocycles. The van der Waals surface area contributed by atoms with E-state index in [1.807, 2.05) is 19.9 Å². The molecule has 1 aromatic rings. The Hall–Kier alpha value is -1.82. The van der Waals surface area contributed by atoms with Crippen LogP contribution in [0, 0.1) is 6.92 Å². The Morgan fingerprint density at radius 2 is 2.00 bits per heavy atom. The van der Waals surface area contributed by atoms with E-state index < -0.39 is 18.5 Å². The largest absolute Gasteiger partial charge is 0.480 e. The van der Waals surface area contributed by atoms with Crippen LogP contribution in [0.25, 0.3) is 5.57 Å². The fourth-order valence-electron chi connectivity index (χ4n) is 1.54. The lowest BCUT2D eigenvalue weighted by atomic mass is 10.1. The van der Waals surface area contributed by atoms with E-state index in [1.54, 1.807) is 6.92 Å². The molecule has 6 heteroatoms. The summed E-state index contributed by atoms with van der Waals surface area (Å²) in [4.78, 5) is 23.5. The molecule has 1 rings (SSSR count). The highest BCUT2D eigenvalue weighted by atomic mass is 32.1. The lowest BCUT2D eigenvalue weighted by Gasteiger charge is -2.05. The number of methoxy groups -OCH3 is 1. The van der Waals surface area contributed by atoms with Crippen molar-refractivity contribution in [1.29, 1.82) is 0 Å². The number of aliphatic carboxylic acids is 1. The standard InChI is InChI=1S/C13H16O5S/c1-5-7(2)11-8(3)10(18-6-9(14)15)12(19-11)13(16)17-4/h5H,6H2,1-4H3,(H,14,15). The Morgan fingerprint density at radius 1 is 1.37 bits per heavy atom. The van der Waals surface area contributed by atoms with Gasteiger partial charge in [0.15, 0.2) is 11.5 Å². The van der Waals surface area contributed by atoms with Gasteiger partial charge in [-0.3, -0.25) is 0 Å². The second-order valence-corrected chi connectivity index (χ2v) is 4.88. The van der Waals surface area contributed by atoms with E-state index in [-0.39, 0.29) is 10.6 Å². The van der Waals surface area contributed by atoms with Crippen LogP contribution in [-0.4, -0.2) is 30.8 Å². The highest BCUT2D eigenvalue weighted by Crippen LogP contribution is 2.39. The molecule has 104 valence electrons. The van der Waals surface area contributed by atoms with Gasteiger partial charge in [-0.15, -0.1) is 11.3 Å². The lowest BCUT2D eigenvalue weighted by Crippen LogP contribution is -2.11. The number of carbonyl (C=O) groups excluding carboxylic acids is 1. The number of ether oxygens (including phenoxy) is 2. The van der Waals surface area contributed by atoms with Crippen molar-refractivity contribution in [3.63, 3.8) is 0 Å². The fourth-order valence-corrected chi connectivity index (χ4v) is 2.74. The first kappa shape index (κ1) is 15.2. The molecule has 19 heavy (non-hydrogen) atoms. The number of esters is 1. The van der Waals surface area contributed by atoms with Crippen LogP contribution in [0.15, 0.2) is 6.08 Å². The summed E-state index contributed by atoms with van der Waals surface area (Å²) in [7, 11) is 1.28. The first-order valence-corrected chi connectivity index (χ1v) is 6.43. The molecule has 0 aliphatic rings. The van der Waals surface area contributed by atoms with Crippen molar-refractivity contribution in [1.82, 2.24) is 0 Å². The monoisotopic (exact) mass is 284 g/mol. The summed E-state index contributed by atoms with van der Waals surface area (Å²) in [5.74, 6) is -1.33. The van der Waals surface area contributed by atoms with Crippen LogP contribution in [0.3, 0.4) is 0 Å². The number of rotatable bonds is 5. The molecule has 0 amide bonds. The third-order valence-corrected chi connectivity index (χ3v) is 3.98. The van der Waals surface area contributed by atoms with Crippen molar-refractivity contribution in [3.8, 4) is 5.75 Å². The molecule has 0 fully saturated rings. The van der Waals surface area contributed by atoms with Gasteiger partial charge in [0, 0.05) is 10.4 Å². The summed E-state index contributed by atoms with van der Waals surface area (Å²) < 4.78 is 9.90. The maximum absolute atomic E-state index is 11.7. The average Bonchev–Trinajstić information content (AvgIpc) is 2.71. The van der Waals surface area contributed by atoms with E-state index in [9.17, 15) is 9.59 Å². The van der Waals surface area contributed by atoms with Crippen molar-refractivity contribution in [2.45, 2.75) is 20.8 Å². The quantitative estimate of drug-likeness (QED) is 0.842. The van der Waals surface area contributed by atoms with Gasteiger partial charge in [-0.2, -0.15) is 0 Å². The second-order valence-electron chi connectivity index (χ2n) is 3.86. The Kier molecular flexibility index (Phi) is 5.11. The van der Waals surface area contributed by atoms with Gasteiger partial charge in [0.05, 0.1) is 7.11 Å². The highest BCUT2D eigenvalue weighted by Gasteiger charge is 2.23. The Bertz CT molecular complexity index is 527. The minimum absolute atomic E-state index is 0.287. The third kappa shape index (κ3) is 3.35. The van der Waals surface area contributed by atoms with Crippen LogP contribution >= 0.6 is 11.3 Å². The topological polar surface area (TPSA) is 72.8 Å². The highest BCUT2D eigenvalue weighted by molar-refractivity contribution is 7.15. The van der Waals surface area contributed by atoms with Crippen LogP contribution in [-0.2, 0) is 9.53 Å². The van der Waals surface area contributed by atoms with E-state index in [4.69, 9.17) is 14.6 Å². The van der Waals surface area contributed by atoms with Crippen molar-refractivity contribution >= 4 is 28.8 Å². The predicted molar refractivity (Wildman–Crippen MR) is 72.9 cm³/mol. The maximum Gasteiger partial charge on any atom is 0.351 e. The zero-order chi connectivity index (χ0) is 14.6. The minimum Gasteiger partial charge on any atom is -0.480 e. The molecule has 1 N–H and O–H groups in total. The van der Waals surface area contributed by atoms with Crippen LogP contribution in [0.2, 0.25) is 0 Å². The summed E-state index contributed by atoms with van der Waals surface area (Å²) in [5.41, 5.74) is 1.75. The number of carboxylic acids is 1. The molecule has 0 saturated heterocycles. The summed E-state index contributed by atoms with van der Waals surface area (Å²) in [6.07, 6.45) is 1.92. The van der Waals surface area contributed by atoms with Gasteiger partial charge in [0.25, 0.3) is 0 Å². The van der Waals surface area contributed by atoms with Gasteiger partial charge in [-0.1, -0.05) is 6.08 Å². The molecule has 0 radical (unpaired) electrons. The summed E-state index contributed by atoms with van der Waals surface area (Å²) >= 11 is 1.24. The Balaban J connectivity index is 3.27. The lowest BCUT2D eigenvalue weighted by molar-refractivity contribution is -0.139. The van der Waals surface area contributed by atoms with Gasteiger partial charge < -0.3 is 14.6 Å².